The van der Waals surface area contributed by atoms with Gasteiger partial charge < -0.3 is 21.5 Å². The molecule has 3 amide bonds. The SMILES string of the molecule is Cc1ccc(C(C)NC(=O)NC(CC(N)=O)C(=O)O)s1. The number of carboxylic acids is 1. The number of hydrogen-bond acceptors (Lipinski definition) is 4. The molecule has 0 spiro atoms. The summed E-state index contributed by atoms with van der Waals surface area (Å²) >= 11 is 1.54. The fourth-order valence-electron chi connectivity index (χ4n) is 1.56. The van der Waals surface area contributed by atoms with Crippen LogP contribution in [-0.2, 0) is 9.59 Å². The Kier molecular flexibility index (Phi) is 5.51. The highest BCUT2D eigenvalue weighted by Gasteiger charge is 2.23. The van der Waals surface area contributed by atoms with Crippen molar-refractivity contribution in [3.8, 4) is 0 Å². The van der Waals surface area contributed by atoms with E-state index in [2.05, 4.69) is 10.6 Å². The van der Waals surface area contributed by atoms with Gasteiger partial charge in [0.05, 0.1) is 12.5 Å². The average Bonchev–Trinajstić information content (AvgIpc) is 2.74. The number of aryl methyl sites for hydroxylation is 1. The van der Waals surface area contributed by atoms with Crippen molar-refractivity contribution in [2.24, 2.45) is 5.73 Å². The number of aliphatic carboxylic acids is 1. The van der Waals surface area contributed by atoms with Crippen LogP contribution < -0.4 is 16.4 Å². The third kappa shape index (κ3) is 4.88. The van der Waals surface area contributed by atoms with Crippen molar-refractivity contribution in [3.63, 3.8) is 0 Å². The Labute approximate surface area is 120 Å². The van der Waals surface area contributed by atoms with E-state index in [1.165, 1.54) is 0 Å². The number of hydrogen-bond donors (Lipinski definition) is 4. The van der Waals surface area contributed by atoms with Crippen LogP contribution in [0.1, 0.15) is 29.1 Å². The number of rotatable bonds is 6. The first-order valence-corrected chi connectivity index (χ1v) is 6.75. The first-order valence-electron chi connectivity index (χ1n) is 5.94. The molecule has 2 unspecified atom stereocenters. The summed E-state index contributed by atoms with van der Waals surface area (Å²) < 4.78 is 0. The van der Waals surface area contributed by atoms with Gasteiger partial charge in [-0.1, -0.05) is 0 Å². The van der Waals surface area contributed by atoms with Crippen LogP contribution in [0.5, 0.6) is 0 Å². The van der Waals surface area contributed by atoms with Gasteiger partial charge in [0.15, 0.2) is 0 Å². The fraction of sp³-hybridized carbons (Fsp3) is 0.417. The molecule has 0 aliphatic carbocycles. The Morgan fingerprint density at radius 3 is 2.45 bits per heavy atom. The highest BCUT2D eigenvalue weighted by atomic mass is 32.1. The van der Waals surface area contributed by atoms with E-state index in [1.54, 1.807) is 18.3 Å². The van der Waals surface area contributed by atoms with Gasteiger partial charge in [-0.15, -0.1) is 11.3 Å². The number of primary amides is 1. The van der Waals surface area contributed by atoms with E-state index >= 15 is 0 Å². The molecule has 5 N–H and O–H groups in total. The maximum atomic E-state index is 11.7. The zero-order chi connectivity index (χ0) is 15.3. The highest BCUT2D eigenvalue weighted by molar-refractivity contribution is 7.12. The van der Waals surface area contributed by atoms with Gasteiger partial charge >= 0.3 is 12.0 Å². The molecule has 0 saturated carbocycles. The average molecular weight is 299 g/mol. The number of amides is 3. The number of nitrogens with one attached hydrogen (secondary N) is 2. The molecular formula is C12H17N3O4S. The summed E-state index contributed by atoms with van der Waals surface area (Å²) in [5.74, 6) is -2.10. The monoisotopic (exact) mass is 299 g/mol. The van der Waals surface area contributed by atoms with Crippen molar-refractivity contribution >= 4 is 29.2 Å². The Morgan fingerprint density at radius 2 is 2.00 bits per heavy atom. The van der Waals surface area contributed by atoms with Crippen LogP contribution in [0, 0.1) is 6.92 Å². The first kappa shape index (κ1) is 16.0. The number of carboxylic acid groups (broad SMARTS) is 1. The van der Waals surface area contributed by atoms with E-state index in [9.17, 15) is 14.4 Å². The number of urea groups is 1. The third-order valence-corrected chi connectivity index (χ3v) is 3.73. The molecule has 0 saturated heterocycles. The number of carbonyl (C=O) groups is 3. The van der Waals surface area contributed by atoms with Gasteiger partial charge in [-0.05, 0) is 26.0 Å². The van der Waals surface area contributed by atoms with Crippen LogP contribution in [0.15, 0.2) is 12.1 Å². The van der Waals surface area contributed by atoms with Crippen LogP contribution in [0.25, 0.3) is 0 Å². The smallest absolute Gasteiger partial charge is 0.326 e. The second-order valence-electron chi connectivity index (χ2n) is 4.35. The molecule has 20 heavy (non-hydrogen) atoms. The molecule has 0 radical (unpaired) electrons. The quantitative estimate of drug-likeness (QED) is 0.619. The van der Waals surface area contributed by atoms with E-state index in [-0.39, 0.29) is 6.04 Å². The Bertz CT molecular complexity index is 515. The van der Waals surface area contributed by atoms with Crippen LogP contribution in [0.4, 0.5) is 4.79 Å². The van der Waals surface area contributed by atoms with Gasteiger partial charge in [0.1, 0.15) is 6.04 Å². The van der Waals surface area contributed by atoms with E-state index < -0.39 is 30.4 Å². The summed E-state index contributed by atoms with van der Waals surface area (Å²) in [6.07, 6.45) is -0.449. The fourth-order valence-corrected chi connectivity index (χ4v) is 2.43. The minimum atomic E-state index is -1.33. The first-order chi connectivity index (χ1) is 9.29. The normalized spacial score (nSPS) is 13.3. The number of nitrogens with two attached hydrogens (primary N) is 1. The van der Waals surface area contributed by atoms with E-state index in [0.29, 0.717) is 0 Å². The lowest BCUT2D eigenvalue weighted by Gasteiger charge is -2.16. The van der Waals surface area contributed by atoms with Crippen LogP contribution >= 0.6 is 11.3 Å². The van der Waals surface area contributed by atoms with Gasteiger partial charge in [0.2, 0.25) is 5.91 Å². The zero-order valence-electron chi connectivity index (χ0n) is 11.2. The van der Waals surface area contributed by atoms with Crippen molar-refractivity contribution in [3.05, 3.63) is 21.9 Å². The molecular weight excluding hydrogens is 282 g/mol. The Balaban J connectivity index is 2.57. The molecule has 1 heterocycles. The molecule has 0 aliphatic heterocycles. The topological polar surface area (TPSA) is 122 Å². The molecule has 110 valence electrons. The van der Waals surface area contributed by atoms with Crippen molar-refractivity contribution < 1.29 is 19.5 Å². The summed E-state index contributed by atoms with van der Waals surface area (Å²) in [7, 11) is 0. The Morgan fingerprint density at radius 1 is 1.35 bits per heavy atom. The lowest BCUT2D eigenvalue weighted by Crippen LogP contribution is -2.48. The van der Waals surface area contributed by atoms with Crippen molar-refractivity contribution in [2.75, 3.05) is 0 Å². The Hall–Kier alpha value is -2.09. The molecule has 1 aromatic heterocycles. The number of thiophene rings is 1. The minimum Gasteiger partial charge on any atom is -0.480 e. The highest BCUT2D eigenvalue weighted by Crippen LogP contribution is 2.22. The predicted octanol–water partition coefficient (Wildman–Crippen LogP) is 0.745. The summed E-state index contributed by atoms with van der Waals surface area (Å²) in [6, 6.07) is 1.59. The van der Waals surface area contributed by atoms with Crippen LogP contribution in [0.3, 0.4) is 0 Å². The van der Waals surface area contributed by atoms with Gasteiger partial charge in [0, 0.05) is 9.75 Å². The van der Waals surface area contributed by atoms with E-state index in [1.807, 2.05) is 19.1 Å². The summed E-state index contributed by atoms with van der Waals surface area (Å²) in [5, 5.41) is 13.7. The van der Waals surface area contributed by atoms with E-state index in [0.717, 1.165) is 9.75 Å². The largest absolute Gasteiger partial charge is 0.480 e. The molecule has 0 bridgehead atoms. The van der Waals surface area contributed by atoms with E-state index in [4.69, 9.17) is 10.8 Å². The second kappa shape index (κ2) is 6.90. The third-order valence-electron chi connectivity index (χ3n) is 2.54. The molecule has 1 aromatic rings. The molecule has 0 aliphatic rings. The molecule has 8 heteroatoms. The zero-order valence-corrected chi connectivity index (χ0v) is 12.0. The summed E-state index contributed by atoms with van der Waals surface area (Å²) in [5.41, 5.74) is 4.93. The molecule has 0 fully saturated rings. The van der Waals surface area contributed by atoms with Crippen molar-refractivity contribution in [1.82, 2.24) is 10.6 Å². The van der Waals surface area contributed by atoms with Crippen LogP contribution in [-0.4, -0.2) is 29.1 Å². The van der Waals surface area contributed by atoms with Gasteiger partial charge in [-0.3, -0.25) is 4.79 Å². The van der Waals surface area contributed by atoms with Gasteiger partial charge in [-0.25, -0.2) is 9.59 Å². The van der Waals surface area contributed by atoms with Crippen molar-refractivity contribution in [1.29, 1.82) is 0 Å². The molecule has 0 aromatic carbocycles. The lowest BCUT2D eigenvalue weighted by molar-refractivity contribution is -0.140. The van der Waals surface area contributed by atoms with Gasteiger partial charge in [-0.2, -0.15) is 0 Å². The standard InChI is InChI=1S/C12H17N3O4S/c1-6-3-4-9(20-6)7(2)14-12(19)15-8(11(17)18)5-10(13)16/h3-4,7-8H,5H2,1-2H3,(H2,13,16)(H,17,18)(H2,14,15,19). The van der Waals surface area contributed by atoms with Crippen molar-refractivity contribution in [2.45, 2.75) is 32.4 Å². The minimum absolute atomic E-state index is 0.253. The predicted molar refractivity (Wildman–Crippen MR) is 74.4 cm³/mol. The summed E-state index contributed by atoms with van der Waals surface area (Å²) in [6.45, 7) is 3.74. The maximum absolute atomic E-state index is 11.7. The number of carbonyl (C=O) groups excluding carboxylic acids is 2. The maximum Gasteiger partial charge on any atom is 0.326 e. The molecule has 2 atom stereocenters. The molecule has 7 nitrogen and oxygen atoms in total. The summed E-state index contributed by atoms with van der Waals surface area (Å²) in [4.78, 5) is 35.4. The van der Waals surface area contributed by atoms with Gasteiger partial charge in [0.25, 0.3) is 0 Å². The molecule has 1 rings (SSSR count). The second-order valence-corrected chi connectivity index (χ2v) is 5.67. The van der Waals surface area contributed by atoms with Crippen LogP contribution in [0.2, 0.25) is 0 Å². The lowest BCUT2D eigenvalue weighted by atomic mass is 10.2.